The summed E-state index contributed by atoms with van der Waals surface area (Å²) in [6.45, 7) is 1.74. The van der Waals surface area contributed by atoms with Crippen LogP contribution in [0.4, 0.5) is 9.18 Å². The number of aliphatic hydroxyl groups is 1. The van der Waals surface area contributed by atoms with Crippen molar-refractivity contribution in [3.63, 3.8) is 0 Å². The molecule has 5 nitrogen and oxygen atoms in total. The second-order valence-electron chi connectivity index (χ2n) is 5.00. The minimum absolute atomic E-state index is 0.0731. The number of urea groups is 1. The molecule has 23 heavy (non-hydrogen) atoms. The molecule has 0 saturated heterocycles. The first-order chi connectivity index (χ1) is 11.0. The first kappa shape index (κ1) is 17.2. The fourth-order valence-corrected chi connectivity index (χ4v) is 2.91. The van der Waals surface area contributed by atoms with Gasteiger partial charge in [0.1, 0.15) is 11.6 Å². The van der Waals surface area contributed by atoms with Crippen LogP contribution in [-0.4, -0.2) is 24.8 Å². The SMILES string of the molecule is COc1cccc(F)c1[C@H](C)NC(=O)NC[C@@H](O)c1ccsc1. The Bertz CT molecular complexity index is 649. The van der Waals surface area contributed by atoms with E-state index in [1.54, 1.807) is 25.1 Å². The molecule has 0 fully saturated rings. The van der Waals surface area contributed by atoms with E-state index < -0.39 is 24.0 Å². The maximum Gasteiger partial charge on any atom is 0.315 e. The van der Waals surface area contributed by atoms with Gasteiger partial charge in [0.15, 0.2) is 0 Å². The topological polar surface area (TPSA) is 70.6 Å². The summed E-state index contributed by atoms with van der Waals surface area (Å²) >= 11 is 1.47. The van der Waals surface area contributed by atoms with Gasteiger partial charge in [-0.25, -0.2) is 9.18 Å². The molecule has 0 bridgehead atoms. The number of hydrogen-bond acceptors (Lipinski definition) is 4. The van der Waals surface area contributed by atoms with Crippen LogP contribution in [0.25, 0.3) is 0 Å². The van der Waals surface area contributed by atoms with E-state index in [1.807, 2.05) is 10.8 Å². The van der Waals surface area contributed by atoms with E-state index in [0.29, 0.717) is 5.75 Å². The van der Waals surface area contributed by atoms with Crippen molar-refractivity contribution in [1.29, 1.82) is 0 Å². The maximum absolute atomic E-state index is 13.9. The molecule has 0 saturated carbocycles. The minimum Gasteiger partial charge on any atom is -0.496 e. The number of aliphatic hydroxyl groups excluding tert-OH is 1. The molecule has 0 aliphatic carbocycles. The Morgan fingerprint density at radius 3 is 2.87 bits per heavy atom. The van der Waals surface area contributed by atoms with Crippen LogP contribution in [0.5, 0.6) is 5.75 Å². The van der Waals surface area contributed by atoms with Crippen molar-refractivity contribution >= 4 is 17.4 Å². The average Bonchev–Trinajstić information content (AvgIpc) is 3.06. The van der Waals surface area contributed by atoms with Crippen LogP contribution in [0.2, 0.25) is 0 Å². The molecule has 2 aromatic rings. The second kappa shape index (κ2) is 7.94. The summed E-state index contributed by atoms with van der Waals surface area (Å²) in [4.78, 5) is 11.9. The fourth-order valence-electron chi connectivity index (χ4n) is 2.21. The van der Waals surface area contributed by atoms with E-state index in [9.17, 15) is 14.3 Å². The summed E-state index contributed by atoms with van der Waals surface area (Å²) in [6.07, 6.45) is -0.773. The van der Waals surface area contributed by atoms with E-state index in [1.165, 1.54) is 24.5 Å². The molecule has 0 unspecified atom stereocenters. The molecule has 2 amide bonds. The number of benzene rings is 1. The predicted molar refractivity (Wildman–Crippen MR) is 87.2 cm³/mol. The molecular weight excluding hydrogens is 319 g/mol. The van der Waals surface area contributed by atoms with E-state index in [2.05, 4.69) is 10.6 Å². The molecule has 0 aliphatic rings. The highest BCUT2D eigenvalue weighted by Crippen LogP contribution is 2.27. The van der Waals surface area contributed by atoms with Crippen LogP contribution in [0.15, 0.2) is 35.0 Å². The summed E-state index contributed by atoms with van der Waals surface area (Å²) in [6, 6.07) is 5.22. The number of thiophene rings is 1. The van der Waals surface area contributed by atoms with Crippen molar-refractivity contribution in [2.45, 2.75) is 19.1 Å². The Kier molecular flexibility index (Phi) is 5.95. The zero-order valence-electron chi connectivity index (χ0n) is 12.9. The van der Waals surface area contributed by atoms with Crippen molar-refractivity contribution < 1.29 is 19.0 Å². The number of amides is 2. The Labute approximate surface area is 138 Å². The molecular formula is C16H19FN2O3S. The second-order valence-corrected chi connectivity index (χ2v) is 5.78. The van der Waals surface area contributed by atoms with Gasteiger partial charge >= 0.3 is 6.03 Å². The molecule has 1 aromatic heterocycles. The van der Waals surface area contributed by atoms with Gasteiger partial charge in [0.25, 0.3) is 0 Å². The van der Waals surface area contributed by atoms with Crippen LogP contribution in [-0.2, 0) is 0 Å². The third-order valence-electron chi connectivity index (χ3n) is 3.40. The van der Waals surface area contributed by atoms with Crippen LogP contribution >= 0.6 is 11.3 Å². The molecule has 7 heteroatoms. The molecule has 1 heterocycles. The average molecular weight is 338 g/mol. The molecule has 0 radical (unpaired) electrons. The zero-order chi connectivity index (χ0) is 16.8. The van der Waals surface area contributed by atoms with Gasteiger partial charge in [-0.05, 0) is 41.4 Å². The summed E-state index contributed by atoms with van der Waals surface area (Å²) in [7, 11) is 1.45. The Morgan fingerprint density at radius 1 is 1.43 bits per heavy atom. The van der Waals surface area contributed by atoms with Gasteiger partial charge < -0.3 is 20.5 Å². The highest BCUT2D eigenvalue weighted by Gasteiger charge is 2.18. The van der Waals surface area contributed by atoms with Crippen LogP contribution in [0.3, 0.4) is 0 Å². The molecule has 1 aromatic carbocycles. The van der Waals surface area contributed by atoms with E-state index >= 15 is 0 Å². The van der Waals surface area contributed by atoms with Crippen molar-refractivity contribution in [3.8, 4) is 5.75 Å². The molecule has 0 aliphatic heterocycles. The first-order valence-corrected chi connectivity index (χ1v) is 8.04. The van der Waals surface area contributed by atoms with Crippen molar-refractivity contribution in [2.75, 3.05) is 13.7 Å². The summed E-state index contributed by atoms with van der Waals surface area (Å²) in [5.74, 6) is -0.0773. The number of rotatable bonds is 6. The third-order valence-corrected chi connectivity index (χ3v) is 4.10. The van der Waals surface area contributed by atoms with Crippen LogP contribution in [0, 0.1) is 5.82 Å². The molecule has 2 rings (SSSR count). The first-order valence-electron chi connectivity index (χ1n) is 7.09. The standard InChI is InChI=1S/C16H19FN2O3S/c1-10(15-12(17)4-3-5-14(15)22-2)19-16(21)18-8-13(20)11-6-7-23-9-11/h3-7,9-10,13,20H,8H2,1-2H3,(H2,18,19,21)/t10-,13+/m0/s1. The quantitative estimate of drug-likeness (QED) is 0.758. The number of nitrogens with one attached hydrogen (secondary N) is 2. The van der Waals surface area contributed by atoms with Gasteiger partial charge in [-0.15, -0.1) is 0 Å². The van der Waals surface area contributed by atoms with Crippen LogP contribution in [0.1, 0.15) is 30.2 Å². The van der Waals surface area contributed by atoms with Gasteiger partial charge in [0.05, 0.1) is 24.8 Å². The summed E-state index contributed by atoms with van der Waals surface area (Å²) in [5, 5.41) is 18.8. The largest absolute Gasteiger partial charge is 0.496 e. The molecule has 3 N–H and O–H groups in total. The molecule has 124 valence electrons. The number of methoxy groups -OCH3 is 1. The summed E-state index contributed by atoms with van der Waals surface area (Å²) in [5.41, 5.74) is 1.03. The van der Waals surface area contributed by atoms with E-state index in [4.69, 9.17) is 4.74 Å². The lowest BCUT2D eigenvalue weighted by Crippen LogP contribution is -2.39. The lowest BCUT2D eigenvalue weighted by molar-refractivity contribution is 0.173. The van der Waals surface area contributed by atoms with Gasteiger partial charge in [-0.2, -0.15) is 11.3 Å². The highest BCUT2D eigenvalue weighted by atomic mass is 32.1. The number of carbonyl (C=O) groups is 1. The van der Waals surface area contributed by atoms with Crippen molar-refractivity contribution in [2.24, 2.45) is 0 Å². The minimum atomic E-state index is -0.773. The predicted octanol–water partition coefficient (Wildman–Crippen LogP) is 2.99. The summed E-state index contributed by atoms with van der Waals surface area (Å²) < 4.78 is 19.1. The molecule has 2 atom stereocenters. The lowest BCUT2D eigenvalue weighted by atomic mass is 10.1. The Hall–Kier alpha value is -2.12. The maximum atomic E-state index is 13.9. The van der Waals surface area contributed by atoms with Gasteiger partial charge in [-0.1, -0.05) is 6.07 Å². The number of halogens is 1. The van der Waals surface area contributed by atoms with E-state index in [-0.39, 0.29) is 12.1 Å². The number of ether oxygens (including phenoxy) is 1. The van der Waals surface area contributed by atoms with Gasteiger partial charge in [0, 0.05) is 6.54 Å². The van der Waals surface area contributed by atoms with Gasteiger partial charge in [0.2, 0.25) is 0 Å². The zero-order valence-corrected chi connectivity index (χ0v) is 13.7. The van der Waals surface area contributed by atoms with E-state index in [0.717, 1.165) is 5.56 Å². The Balaban J connectivity index is 1.92. The van der Waals surface area contributed by atoms with Crippen LogP contribution < -0.4 is 15.4 Å². The number of carbonyl (C=O) groups excluding carboxylic acids is 1. The third kappa shape index (κ3) is 4.43. The smallest absolute Gasteiger partial charge is 0.315 e. The van der Waals surface area contributed by atoms with Crippen molar-refractivity contribution in [3.05, 3.63) is 52.0 Å². The normalized spacial score (nSPS) is 13.2. The fraction of sp³-hybridized carbons (Fsp3) is 0.312. The highest BCUT2D eigenvalue weighted by molar-refractivity contribution is 7.07. The Morgan fingerprint density at radius 2 is 2.22 bits per heavy atom. The van der Waals surface area contributed by atoms with Gasteiger partial charge in [-0.3, -0.25) is 0 Å². The van der Waals surface area contributed by atoms with Crippen molar-refractivity contribution in [1.82, 2.24) is 10.6 Å². The monoisotopic (exact) mass is 338 g/mol. The lowest BCUT2D eigenvalue weighted by Gasteiger charge is -2.19. The number of hydrogen-bond donors (Lipinski definition) is 3. The molecule has 0 spiro atoms.